The molecule has 2 N–H and O–H groups in total. The summed E-state index contributed by atoms with van der Waals surface area (Å²) in [6.45, 7) is 5.99. The number of hydrogen-bond acceptors (Lipinski definition) is 3. The van der Waals surface area contributed by atoms with Gasteiger partial charge in [-0.2, -0.15) is 0 Å². The molecule has 0 spiro atoms. The number of nitrogens with zero attached hydrogens (tertiary/aromatic N) is 3. The molecular formula is C14H18Cl2N4. The summed E-state index contributed by atoms with van der Waals surface area (Å²) in [5, 5.41) is 9.67. The van der Waals surface area contributed by atoms with Crippen LogP contribution in [-0.2, 0) is 6.42 Å². The van der Waals surface area contributed by atoms with Gasteiger partial charge in [-0.25, -0.2) is 4.68 Å². The molecule has 0 aliphatic rings. The standard InChI is InChI=1S/C14H18Cl2N4/c1-4-11(17)14-12(5-2)20(19-18-14)13-7-9(15)8(3)6-10(13)16/h6-7,11H,4-5,17H2,1-3H3. The van der Waals surface area contributed by atoms with Gasteiger partial charge in [-0.3, -0.25) is 0 Å². The van der Waals surface area contributed by atoms with Gasteiger partial charge in [-0.15, -0.1) is 5.10 Å². The minimum atomic E-state index is -0.113. The van der Waals surface area contributed by atoms with E-state index in [4.69, 9.17) is 28.9 Å². The molecule has 0 radical (unpaired) electrons. The van der Waals surface area contributed by atoms with E-state index in [0.29, 0.717) is 10.0 Å². The fourth-order valence-electron chi connectivity index (χ4n) is 2.12. The van der Waals surface area contributed by atoms with Gasteiger partial charge in [0.2, 0.25) is 0 Å². The van der Waals surface area contributed by atoms with Crippen LogP contribution in [-0.4, -0.2) is 15.0 Å². The van der Waals surface area contributed by atoms with E-state index < -0.39 is 0 Å². The molecule has 4 nitrogen and oxygen atoms in total. The number of hydrogen-bond donors (Lipinski definition) is 1. The first-order valence-corrected chi connectivity index (χ1v) is 7.41. The molecule has 1 aromatic heterocycles. The molecule has 0 saturated heterocycles. The first-order valence-electron chi connectivity index (χ1n) is 6.65. The van der Waals surface area contributed by atoms with E-state index in [-0.39, 0.29) is 6.04 Å². The molecule has 1 heterocycles. The molecule has 0 aliphatic carbocycles. The molecule has 0 aliphatic heterocycles. The van der Waals surface area contributed by atoms with Crippen molar-refractivity contribution >= 4 is 23.2 Å². The normalized spacial score (nSPS) is 12.7. The average Bonchev–Trinajstić information content (AvgIpc) is 2.85. The number of rotatable bonds is 4. The van der Waals surface area contributed by atoms with Crippen molar-refractivity contribution < 1.29 is 0 Å². The van der Waals surface area contributed by atoms with Gasteiger partial charge in [-0.1, -0.05) is 42.3 Å². The van der Waals surface area contributed by atoms with Crippen LogP contribution >= 0.6 is 23.2 Å². The summed E-state index contributed by atoms with van der Waals surface area (Å²) in [6, 6.07) is 3.53. The molecule has 2 rings (SSSR count). The molecule has 1 atom stereocenters. The van der Waals surface area contributed by atoms with Crippen LogP contribution in [0.25, 0.3) is 5.69 Å². The van der Waals surface area contributed by atoms with E-state index in [9.17, 15) is 0 Å². The molecule has 108 valence electrons. The van der Waals surface area contributed by atoms with Crippen molar-refractivity contribution in [2.45, 2.75) is 39.7 Å². The number of halogens is 2. The van der Waals surface area contributed by atoms with Crippen LogP contribution in [0.1, 0.15) is 43.3 Å². The van der Waals surface area contributed by atoms with Gasteiger partial charge in [-0.05, 0) is 37.5 Å². The van der Waals surface area contributed by atoms with Crippen LogP contribution < -0.4 is 5.73 Å². The second-order valence-electron chi connectivity index (χ2n) is 4.75. The Morgan fingerprint density at radius 1 is 1.25 bits per heavy atom. The van der Waals surface area contributed by atoms with Gasteiger partial charge in [0.25, 0.3) is 0 Å². The summed E-state index contributed by atoms with van der Waals surface area (Å²) < 4.78 is 1.73. The largest absolute Gasteiger partial charge is 0.323 e. The van der Waals surface area contributed by atoms with E-state index in [2.05, 4.69) is 10.3 Å². The van der Waals surface area contributed by atoms with Gasteiger partial charge in [0, 0.05) is 5.02 Å². The highest BCUT2D eigenvalue weighted by molar-refractivity contribution is 6.35. The summed E-state index contributed by atoms with van der Waals surface area (Å²) >= 11 is 12.5. The van der Waals surface area contributed by atoms with Crippen molar-refractivity contribution in [2.24, 2.45) is 5.73 Å². The number of nitrogens with two attached hydrogens (primary N) is 1. The van der Waals surface area contributed by atoms with Crippen molar-refractivity contribution in [1.29, 1.82) is 0 Å². The van der Waals surface area contributed by atoms with E-state index in [1.165, 1.54) is 0 Å². The lowest BCUT2D eigenvalue weighted by Gasteiger charge is -2.11. The second-order valence-corrected chi connectivity index (χ2v) is 5.57. The fraction of sp³-hybridized carbons (Fsp3) is 0.429. The lowest BCUT2D eigenvalue weighted by molar-refractivity contribution is 0.665. The van der Waals surface area contributed by atoms with E-state index >= 15 is 0 Å². The topological polar surface area (TPSA) is 56.7 Å². The first kappa shape index (κ1) is 15.3. The molecule has 1 aromatic carbocycles. The Labute approximate surface area is 128 Å². The van der Waals surface area contributed by atoms with Crippen LogP contribution in [0.15, 0.2) is 12.1 Å². The average molecular weight is 313 g/mol. The van der Waals surface area contributed by atoms with Crippen LogP contribution in [0.5, 0.6) is 0 Å². The quantitative estimate of drug-likeness (QED) is 0.932. The third-order valence-electron chi connectivity index (χ3n) is 3.38. The van der Waals surface area contributed by atoms with Gasteiger partial charge < -0.3 is 5.73 Å². The van der Waals surface area contributed by atoms with Gasteiger partial charge in [0.15, 0.2) is 0 Å². The van der Waals surface area contributed by atoms with Crippen LogP contribution in [0.4, 0.5) is 0 Å². The maximum Gasteiger partial charge on any atom is 0.103 e. The smallest absolute Gasteiger partial charge is 0.103 e. The molecule has 2 aromatic rings. The first-order chi connectivity index (χ1) is 9.49. The molecular weight excluding hydrogens is 295 g/mol. The minimum Gasteiger partial charge on any atom is -0.323 e. The molecule has 0 saturated carbocycles. The molecule has 0 fully saturated rings. The Balaban J connectivity index is 2.59. The molecule has 0 amide bonds. The summed E-state index contributed by atoms with van der Waals surface area (Å²) in [4.78, 5) is 0. The molecule has 1 unspecified atom stereocenters. The van der Waals surface area contributed by atoms with E-state index in [0.717, 1.165) is 35.5 Å². The van der Waals surface area contributed by atoms with Crippen molar-refractivity contribution in [3.63, 3.8) is 0 Å². The molecule has 0 bridgehead atoms. The van der Waals surface area contributed by atoms with E-state index in [1.807, 2.05) is 32.9 Å². The van der Waals surface area contributed by atoms with Crippen LogP contribution in [0.2, 0.25) is 10.0 Å². The zero-order valence-electron chi connectivity index (χ0n) is 11.8. The zero-order chi connectivity index (χ0) is 14.9. The Morgan fingerprint density at radius 2 is 1.95 bits per heavy atom. The lowest BCUT2D eigenvalue weighted by atomic mass is 10.1. The minimum absolute atomic E-state index is 0.113. The summed E-state index contributed by atoms with van der Waals surface area (Å²) in [7, 11) is 0. The van der Waals surface area contributed by atoms with Gasteiger partial charge in [0.1, 0.15) is 5.69 Å². The Bertz CT molecular complexity index is 622. The number of aryl methyl sites for hydroxylation is 1. The summed E-state index contributed by atoms with van der Waals surface area (Å²) in [5.41, 5.74) is 9.55. The van der Waals surface area contributed by atoms with Gasteiger partial charge in [0.05, 0.1) is 22.4 Å². The number of aromatic nitrogens is 3. The van der Waals surface area contributed by atoms with Gasteiger partial charge >= 0.3 is 0 Å². The predicted octanol–water partition coefficient (Wildman–Crippen LogP) is 3.85. The van der Waals surface area contributed by atoms with Crippen LogP contribution in [0.3, 0.4) is 0 Å². The predicted molar refractivity (Wildman–Crippen MR) is 82.7 cm³/mol. The van der Waals surface area contributed by atoms with Crippen molar-refractivity contribution in [3.8, 4) is 5.69 Å². The highest BCUT2D eigenvalue weighted by atomic mass is 35.5. The Hall–Kier alpha value is -1.10. The number of benzene rings is 1. The SMILES string of the molecule is CCc1c(C(N)CC)nnn1-c1cc(Cl)c(C)cc1Cl. The third kappa shape index (κ3) is 2.68. The van der Waals surface area contributed by atoms with Crippen LogP contribution in [0, 0.1) is 6.92 Å². The Morgan fingerprint density at radius 3 is 2.55 bits per heavy atom. The monoisotopic (exact) mass is 312 g/mol. The second kappa shape index (κ2) is 6.12. The highest BCUT2D eigenvalue weighted by Crippen LogP contribution is 2.29. The summed E-state index contributed by atoms with van der Waals surface area (Å²) in [6.07, 6.45) is 1.59. The lowest BCUT2D eigenvalue weighted by Crippen LogP contribution is -2.12. The highest BCUT2D eigenvalue weighted by Gasteiger charge is 2.19. The molecule has 20 heavy (non-hydrogen) atoms. The third-order valence-corrected chi connectivity index (χ3v) is 4.09. The maximum absolute atomic E-state index is 6.31. The zero-order valence-corrected chi connectivity index (χ0v) is 13.3. The Kier molecular flexibility index (Phi) is 4.68. The van der Waals surface area contributed by atoms with E-state index in [1.54, 1.807) is 4.68 Å². The fourth-order valence-corrected chi connectivity index (χ4v) is 2.57. The van der Waals surface area contributed by atoms with Crippen molar-refractivity contribution in [1.82, 2.24) is 15.0 Å². The maximum atomic E-state index is 6.31. The summed E-state index contributed by atoms with van der Waals surface area (Å²) in [5.74, 6) is 0. The van der Waals surface area contributed by atoms with Crippen molar-refractivity contribution in [2.75, 3.05) is 0 Å². The molecule has 6 heteroatoms. The van der Waals surface area contributed by atoms with Crippen molar-refractivity contribution in [3.05, 3.63) is 39.1 Å².